The van der Waals surface area contributed by atoms with Crippen LogP contribution < -0.4 is 5.32 Å². The average Bonchev–Trinajstić information content (AvgIpc) is 3.81. The van der Waals surface area contributed by atoms with Crippen molar-refractivity contribution >= 4 is 55.8 Å². The fraction of sp³-hybridized carbons (Fsp3) is 0.467. The van der Waals surface area contributed by atoms with Gasteiger partial charge in [0.05, 0.1) is 41.3 Å². The summed E-state index contributed by atoms with van der Waals surface area (Å²) in [5, 5.41) is 7.59. The summed E-state index contributed by atoms with van der Waals surface area (Å²) in [6.07, 6.45) is 3.59. The summed E-state index contributed by atoms with van der Waals surface area (Å²) in [6.45, 7) is 12.3. The molecule has 11 heteroatoms. The molecule has 2 unspecified atom stereocenters. The van der Waals surface area contributed by atoms with E-state index < -0.39 is 5.60 Å². The second-order valence-corrected chi connectivity index (χ2v) is 18.1. The molecule has 2 amide bonds. The molecule has 2 aromatic heterocycles. The smallest absolute Gasteiger partial charge is 0.411 e. The minimum atomic E-state index is -0.544. The Bertz CT molecular complexity index is 2550. The number of amides is 2. The van der Waals surface area contributed by atoms with Crippen LogP contribution >= 0.6 is 0 Å². The number of hydrogen-bond donors (Lipinski definition) is 3. The molecule has 2 saturated carbocycles. The van der Waals surface area contributed by atoms with Gasteiger partial charge in [-0.3, -0.25) is 9.80 Å². The first-order valence-corrected chi connectivity index (χ1v) is 20.3. The van der Waals surface area contributed by atoms with Crippen molar-refractivity contribution in [2.24, 2.45) is 17.8 Å². The number of carbonyl (C=O) groups excluding carboxylic acids is 2. The van der Waals surface area contributed by atoms with Crippen LogP contribution in [0.5, 0.6) is 0 Å². The molecule has 2 saturated heterocycles. The van der Waals surface area contributed by atoms with E-state index in [0.29, 0.717) is 17.9 Å². The third kappa shape index (κ3) is 5.88. The molecule has 4 heterocycles. The zero-order valence-corrected chi connectivity index (χ0v) is 33.2. The molecule has 3 N–H and O–H groups in total. The van der Waals surface area contributed by atoms with Crippen LogP contribution in [0.4, 0.5) is 9.59 Å². The van der Waals surface area contributed by atoms with E-state index in [9.17, 15) is 9.59 Å². The second kappa shape index (κ2) is 12.7. The van der Waals surface area contributed by atoms with E-state index in [2.05, 4.69) is 102 Å². The number of rotatable bonds is 7. The predicted octanol–water partition coefficient (Wildman–Crippen LogP) is 9.39. The molecule has 2 aliphatic heterocycles. The van der Waals surface area contributed by atoms with E-state index in [1.54, 1.807) is 0 Å². The van der Waals surface area contributed by atoms with Crippen molar-refractivity contribution in [3.05, 3.63) is 72.3 Å². The molecule has 0 bridgehead atoms. The molecule has 56 heavy (non-hydrogen) atoms. The Hall–Kier alpha value is -5.16. The molecule has 10 rings (SSSR count). The van der Waals surface area contributed by atoms with Gasteiger partial charge in [0.25, 0.3) is 0 Å². The quantitative estimate of drug-likeness (QED) is 0.148. The molecule has 4 aliphatic rings. The number of alkyl carbamates (subject to hydrolysis) is 1. The van der Waals surface area contributed by atoms with Crippen LogP contribution in [0.25, 0.3) is 54.7 Å². The summed E-state index contributed by atoms with van der Waals surface area (Å²) in [4.78, 5) is 47.7. The van der Waals surface area contributed by atoms with Gasteiger partial charge in [-0.15, -0.1) is 0 Å². The van der Waals surface area contributed by atoms with Crippen LogP contribution in [-0.2, 0) is 9.47 Å². The number of imidazole rings is 2. The van der Waals surface area contributed by atoms with E-state index in [0.717, 1.165) is 85.6 Å². The molecular weight excluding hydrogens is 703 g/mol. The van der Waals surface area contributed by atoms with E-state index >= 15 is 0 Å². The van der Waals surface area contributed by atoms with Crippen LogP contribution in [0.1, 0.15) is 91.0 Å². The number of methoxy groups -OCH3 is 1. The number of likely N-dealkylation sites (tertiary alicyclic amines) is 2. The number of fused-ring (bicyclic) bond motifs is 8. The molecule has 6 aromatic rings. The average molecular weight is 754 g/mol. The van der Waals surface area contributed by atoms with Crippen LogP contribution in [0.3, 0.4) is 0 Å². The van der Waals surface area contributed by atoms with Gasteiger partial charge in [0, 0.05) is 34.9 Å². The van der Waals surface area contributed by atoms with Crippen molar-refractivity contribution in [1.82, 2.24) is 35.1 Å². The predicted molar refractivity (Wildman–Crippen MR) is 218 cm³/mol. The third-order valence-corrected chi connectivity index (χ3v) is 13.0. The first-order valence-electron chi connectivity index (χ1n) is 20.3. The number of benzene rings is 4. The number of piperidine rings is 2. The summed E-state index contributed by atoms with van der Waals surface area (Å²) < 4.78 is 10.8. The zero-order valence-electron chi connectivity index (χ0n) is 33.2. The monoisotopic (exact) mass is 753 g/mol. The topological polar surface area (TPSA) is 128 Å². The zero-order chi connectivity index (χ0) is 38.8. The summed E-state index contributed by atoms with van der Waals surface area (Å²) >= 11 is 0. The number of carbonyl (C=O) groups is 2. The van der Waals surface area contributed by atoms with Gasteiger partial charge in [-0.1, -0.05) is 50.2 Å². The van der Waals surface area contributed by atoms with Gasteiger partial charge in [0.1, 0.15) is 17.2 Å². The lowest BCUT2D eigenvalue weighted by atomic mass is 9.95. The highest BCUT2D eigenvalue weighted by Gasteiger charge is 2.57. The van der Waals surface area contributed by atoms with Gasteiger partial charge in [0.15, 0.2) is 0 Å². The molecule has 8 atom stereocenters. The Morgan fingerprint density at radius 1 is 0.768 bits per heavy atom. The maximum absolute atomic E-state index is 13.2. The van der Waals surface area contributed by atoms with Gasteiger partial charge >= 0.3 is 12.2 Å². The molecule has 0 spiro atoms. The second-order valence-electron chi connectivity index (χ2n) is 18.1. The standard InChI is InChI=1S/C45H51N7O4/c1-22(2)38(50-43(53)55-7)23(3)51-34-18-28(34)20-36(51)41-46-32-14-10-26-16-24(8-12-30(26)39(32)48-41)25-9-13-31-27(17-25)11-15-33-40(31)49-42(47-33)37-21-29-19-35(29)52(37)44(54)56-45(4,5)6/h8-17,22-23,28-29,34-38H,18-21H2,1-7H3,(H,46,48)(H,47,49)(H,50,53)/t23?,28-,29-,34-,35-,36?,37+,38+/m1/s1. The van der Waals surface area contributed by atoms with Gasteiger partial charge in [-0.25, -0.2) is 19.6 Å². The summed E-state index contributed by atoms with van der Waals surface area (Å²) in [6, 6.07) is 22.8. The Labute approximate surface area is 326 Å². The Morgan fingerprint density at radius 2 is 1.32 bits per heavy atom. The van der Waals surface area contributed by atoms with Crippen LogP contribution in [0.2, 0.25) is 0 Å². The van der Waals surface area contributed by atoms with Crippen molar-refractivity contribution in [3.8, 4) is 11.1 Å². The fourth-order valence-corrected chi connectivity index (χ4v) is 10.1. The first kappa shape index (κ1) is 35.3. The maximum Gasteiger partial charge on any atom is 0.411 e. The number of nitrogens with one attached hydrogen (secondary N) is 3. The normalized spacial score (nSPS) is 25.5. The molecule has 4 aromatic carbocycles. The van der Waals surface area contributed by atoms with Crippen molar-refractivity contribution in [2.45, 2.75) is 109 Å². The summed E-state index contributed by atoms with van der Waals surface area (Å²) in [5.74, 6) is 3.27. The third-order valence-electron chi connectivity index (χ3n) is 13.0. The molecule has 11 nitrogen and oxygen atoms in total. The Morgan fingerprint density at radius 3 is 1.89 bits per heavy atom. The van der Waals surface area contributed by atoms with Crippen LogP contribution in [0.15, 0.2) is 60.7 Å². The highest BCUT2D eigenvalue weighted by Crippen LogP contribution is 2.55. The highest BCUT2D eigenvalue weighted by atomic mass is 16.6. The SMILES string of the molecule is COC(=O)N[C@@H](C(C)C)C(C)N1C(c2nc3c(ccc4cc(-c5ccc6c(ccc7[nH]c([C@@H]8C[C@H]9C[C@H]9N8C(=O)OC(C)(C)C)nc76)c5)ccc43)[nH]2)C[C@H]2C[C@H]21. The fourth-order valence-electron chi connectivity index (χ4n) is 10.1. The summed E-state index contributed by atoms with van der Waals surface area (Å²) in [5.41, 5.74) is 5.67. The number of aromatic amines is 2. The highest BCUT2D eigenvalue weighted by molar-refractivity contribution is 6.07. The molecular formula is C45H51N7O4. The maximum atomic E-state index is 13.2. The van der Waals surface area contributed by atoms with E-state index in [-0.39, 0.29) is 48.3 Å². The lowest BCUT2D eigenvalue weighted by Gasteiger charge is -2.38. The molecule has 290 valence electrons. The number of hydrogen-bond acceptors (Lipinski definition) is 7. The van der Waals surface area contributed by atoms with Crippen molar-refractivity contribution in [3.63, 3.8) is 0 Å². The van der Waals surface area contributed by atoms with Crippen LogP contribution in [0, 0.1) is 17.8 Å². The van der Waals surface area contributed by atoms with Gasteiger partial charge < -0.3 is 24.8 Å². The van der Waals surface area contributed by atoms with Gasteiger partial charge in [-0.05, 0) is 117 Å². The molecule has 4 fully saturated rings. The summed E-state index contributed by atoms with van der Waals surface area (Å²) in [7, 11) is 1.42. The van der Waals surface area contributed by atoms with E-state index in [1.165, 1.54) is 13.5 Å². The van der Waals surface area contributed by atoms with Crippen molar-refractivity contribution < 1.29 is 19.1 Å². The van der Waals surface area contributed by atoms with E-state index in [4.69, 9.17) is 19.4 Å². The lowest BCUT2D eigenvalue weighted by molar-refractivity contribution is 0.0175. The molecule has 0 radical (unpaired) electrons. The number of H-pyrrole nitrogens is 2. The number of ether oxygens (including phenoxy) is 2. The Balaban J connectivity index is 0.926. The van der Waals surface area contributed by atoms with Gasteiger partial charge in [0.2, 0.25) is 0 Å². The lowest BCUT2D eigenvalue weighted by Crippen LogP contribution is -2.53. The minimum absolute atomic E-state index is 0.0371. The minimum Gasteiger partial charge on any atom is -0.453 e. The van der Waals surface area contributed by atoms with Crippen molar-refractivity contribution in [2.75, 3.05) is 7.11 Å². The van der Waals surface area contributed by atoms with Crippen molar-refractivity contribution in [1.29, 1.82) is 0 Å². The Kier molecular flexibility index (Phi) is 7.98. The van der Waals surface area contributed by atoms with Crippen LogP contribution in [-0.4, -0.2) is 78.8 Å². The number of nitrogens with zero attached hydrogens (tertiary/aromatic N) is 4. The van der Waals surface area contributed by atoms with E-state index in [1.807, 2.05) is 25.7 Å². The molecule has 2 aliphatic carbocycles. The number of aromatic nitrogens is 4. The largest absolute Gasteiger partial charge is 0.453 e. The first-order chi connectivity index (χ1) is 26.8. The van der Waals surface area contributed by atoms with Gasteiger partial charge in [-0.2, -0.15) is 0 Å².